The molecule has 2 aliphatic carbocycles. The smallest absolute Gasteiger partial charge is 0.222 e. The number of ether oxygens (including phenoxy) is 1. The third kappa shape index (κ3) is 2.87. The molecule has 1 spiro atoms. The van der Waals surface area contributed by atoms with Crippen molar-refractivity contribution in [3.05, 3.63) is 17.0 Å². The number of nitrogens with zero attached hydrogens (tertiary/aromatic N) is 2. The third-order valence-corrected chi connectivity index (χ3v) is 6.28. The van der Waals surface area contributed by atoms with Crippen molar-refractivity contribution in [2.45, 2.75) is 77.9 Å². The van der Waals surface area contributed by atoms with E-state index in [0.29, 0.717) is 25.0 Å². The quantitative estimate of drug-likeness (QED) is 0.800. The van der Waals surface area contributed by atoms with Crippen molar-refractivity contribution in [1.29, 1.82) is 0 Å². The Kier molecular flexibility index (Phi) is 5.00. The first-order valence-electron chi connectivity index (χ1n) is 9.28. The summed E-state index contributed by atoms with van der Waals surface area (Å²) in [5.41, 5.74) is 2.19. The van der Waals surface area contributed by atoms with Gasteiger partial charge in [-0.1, -0.05) is 18.0 Å². The first kappa shape index (κ1) is 17.5. The van der Waals surface area contributed by atoms with Gasteiger partial charge in [0.15, 0.2) is 0 Å². The fraction of sp³-hybridized carbons (Fsp3) is 0.789. The number of amides is 1. The summed E-state index contributed by atoms with van der Waals surface area (Å²) < 4.78 is 11.2. The Hall–Kier alpha value is -1.36. The number of hydrogen-bond donors (Lipinski definition) is 0. The molecule has 5 nitrogen and oxygen atoms in total. The van der Waals surface area contributed by atoms with Gasteiger partial charge in [0.1, 0.15) is 5.76 Å². The topological polar surface area (TPSA) is 55.6 Å². The second kappa shape index (κ2) is 6.87. The molecule has 2 atom stereocenters. The predicted molar refractivity (Wildman–Crippen MR) is 91.8 cm³/mol. The van der Waals surface area contributed by atoms with Gasteiger partial charge in [-0.15, -0.1) is 0 Å². The number of rotatable bonds is 6. The molecule has 5 heteroatoms. The van der Waals surface area contributed by atoms with Crippen molar-refractivity contribution >= 4 is 5.91 Å². The molecule has 3 rings (SSSR count). The molecule has 2 saturated carbocycles. The van der Waals surface area contributed by atoms with E-state index in [1.165, 1.54) is 25.7 Å². The minimum atomic E-state index is 0.212. The Morgan fingerprint density at radius 3 is 2.67 bits per heavy atom. The second-order valence-electron chi connectivity index (χ2n) is 7.44. The maximum atomic E-state index is 12.7. The van der Waals surface area contributed by atoms with Gasteiger partial charge in [-0.25, -0.2) is 0 Å². The lowest BCUT2D eigenvalue weighted by Gasteiger charge is -2.57. The molecular formula is C19H30N2O3. The molecule has 1 aromatic rings. The van der Waals surface area contributed by atoms with Crippen LogP contribution in [0.5, 0.6) is 0 Å². The highest BCUT2D eigenvalue weighted by molar-refractivity contribution is 5.77. The zero-order valence-corrected chi connectivity index (χ0v) is 15.4. The number of aromatic nitrogens is 1. The third-order valence-electron chi connectivity index (χ3n) is 6.28. The lowest BCUT2D eigenvalue weighted by atomic mass is 9.60. The van der Waals surface area contributed by atoms with Crippen LogP contribution in [0.3, 0.4) is 0 Å². The van der Waals surface area contributed by atoms with E-state index in [1.807, 2.05) is 25.8 Å². The van der Waals surface area contributed by atoms with Crippen molar-refractivity contribution in [3.63, 3.8) is 0 Å². The summed E-state index contributed by atoms with van der Waals surface area (Å²) in [6.45, 7) is 6.68. The average Bonchev–Trinajstić information content (AvgIpc) is 3.18. The molecule has 0 aliphatic heterocycles. The Labute approximate surface area is 144 Å². The SMILES string of the molecule is CCO[C@H]1C[C@H](N(C)C(=O)CCc2c(C)noc2C)C12CCCC2. The molecular weight excluding hydrogens is 304 g/mol. The van der Waals surface area contributed by atoms with Crippen molar-refractivity contribution in [2.75, 3.05) is 13.7 Å². The van der Waals surface area contributed by atoms with Crippen molar-refractivity contribution < 1.29 is 14.1 Å². The molecule has 0 saturated heterocycles. The van der Waals surface area contributed by atoms with Crippen LogP contribution in [-0.4, -0.2) is 41.8 Å². The molecule has 134 valence electrons. The highest BCUT2D eigenvalue weighted by Crippen LogP contribution is 2.56. The standard InChI is InChI=1S/C19H30N2O3/c1-5-23-17-12-16(19(17)10-6-7-11-19)21(4)18(22)9-8-15-13(2)20-24-14(15)3/h16-17H,5-12H2,1-4H3/t16-,17-/m0/s1. The van der Waals surface area contributed by atoms with Gasteiger partial charge in [-0.2, -0.15) is 0 Å². The van der Waals surface area contributed by atoms with Crippen molar-refractivity contribution in [1.82, 2.24) is 10.1 Å². The van der Waals surface area contributed by atoms with Crippen LogP contribution in [0.15, 0.2) is 4.52 Å². The van der Waals surface area contributed by atoms with E-state index in [2.05, 4.69) is 12.1 Å². The monoisotopic (exact) mass is 334 g/mol. The van der Waals surface area contributed by atoms with Crippen LogP contribution in [0.2, 0.25) is 0 Å². The molecule has 2 aliphatic rings. The minimum absolute atomic E-state index is 0.212. The van der Waals surface area contributed by atoms with Crippen molar-refractivity contribution in [2.24, 2.45) is 5.41 Å². The van der Waals surface area contributed by atoms with E-state index >= 15 is 0 Å². The summed E-state index contributed by atoms with van der Waals surface area (Å²) in [6.07, 6.45) is 7.48. The van der Waals surface area contributed by atoms with Crippen LogP contribution >= 0.6 is 0 Å². The summed E-state index contributed by atoms with van der Waals surface area (Å²) in [6, 6.07) is 0.341. The fourth-order valence-corrected chi connectivity index (χ4v) is 4.83. The summed E-state index contributed by atoms with van der Waals surface area (Å²) in [4.78, 5) is 14.7. The van der Waals surface area contributed by atoms with E-state index in [0.717, 1.165) is 30.0 Å². The van der Waals surface area contributed by atoms with Gasteiger partial charge in [-0.05, 0) is 46.5 Å². The Morgan fingerprint density at radius 1 is 1.38 bits per heavy atom. The summed E-state index contributed by atoms with van der Waals surface area (Å²) in [5, 5.41) is 3.97. The minimum Gasteiger partial charge on any atom is -0.378 e. The van der Waals surface area contributed by atoms with Gasteiger partial charge in [0, 0.05) is 37.1 Å². The summed E-state index contributed by atoms with van der Waals surface area (Å²) in [5.74, 6) is 1.05. The Morgan fingerprint density at radius 2 is 2.08 bits per heavy atom. The molecule has 0 N–H and O–H groups in total. The average molecular weight is 334 g/mol. The molecule has 1 heterocycles. The largest absolute Gasteiger partial charge is 0.378 e. The molecule has 0 bridgehead atoms. The van der Waals surface area contributed by atoms with E-state index in [4.69, 9.17) is 9.26 Å². The number of carbonyl (C=O) groups excluding carboxylic acids is 1. The normalized spacial score (nSPS) is 25.0. The molecule has 24 heavy (non-hydrogen) atoms. The zero-order chi connectivity index (χ0) is 17.3. The molecule has 1 amide bonds. The number of aryl methyl sites for hydroxylation is 2. The molecule has 0 unspecified atom stereocenters. The van der Waals surface area contributed by atoms with E-state index < -0.39 is 0 Å². The van der Waals surface area contributed by atoms with Crippen LogP contribution in [0.25, 0.3) is 0 Å². The van der Waals surface area contributed by atoms with E-state index in [-0.39, 0.29) is 11.3 Å². The van der Waals surface area contributed by atoms with Crippen molar-refractivity contribution in [3.8, 4) is 0 Å². The molecule has 1 aromatic heterocycles. The predicted octanol–water partition coefficient (Wildman–Crippen LogP) is 3.42. The van der Waals surface area contributed by atoms with E-state index in [9.17, 15) is 4.79 Å². The maximum absolute atomic E-state index is 12.7. The molecule has 2 fully saturated rings. The van der Waals surface area contributed by atoms with Gasteiger partial charge < -0.3 is 14.2 Å². The first-order valence-corrected chi connectivity index (χ1v) is 9.28. The maximum Gasteiger partial charge on any atom is 0.222 e. The highest BCUT2D eigenvalue weighted by Gasteiger charge is 2.58. The van der Waals surface area contributed by atoms with Gasteiger partial charge in [0.05, 0.1) is 11.8 Å². The second-order valence-corrected chi connectivity index (χ2v) is 7.44. The van der Waals surface area contributed by atoms with E-state index in [1.54, 1.807) is 0 Å². The Bertz CT molecular complexity index is 570. The van der Waals surface area contributed by atoms with Crippen LogP contribution < -0.4 is 0 Å². The molecule has 0 radical (unpaired) electrons. The van der Waals surface area contributed by atoms with Gasteiger partial charge >= 0.3 is 0 Å². The first-order chi connectivity index (χ1) is 11.5. The highest BCUT2D eigenvalue weighted by atomic mass is 16.5. The van der Waals surface area contributed by atoms with Crippen LogP contribution in [-0.2, 0) is 16.0 Å². The van der Waals surface area contributed by atoms with Gasteiger partial charge in [0.25, 0.3) is 0 Å². The lowest BCUT2D eigenvalue weighted by Crippen LogP contribution is -2.64. The number of hydrogen-bond acceptors (Lipinski definition) is 4. The fourth-order valence-electron chi connectivity index (χ4n) is 4.83. The molecule has 0 aromatic carbocycles. The number of carbonyl (C=O) groups is 1. The summed E-state index contributed by atoms with van der Waals surface area (Å²) in [7, 11) is 1.97. The van der Waals surface area contributed by atoms with Crippen LogP contribution in [0.4, 0.5) is 0 Å². The van der Waals surface area contributed by atoms with Gasteiger partial charge in [-0.3, -0.25) is 4.79 Å². The van der Waals surface area contributed by atoms with Crippen LogP contribution in [0, 0.1) is 19.3 Å². The van der Waals surface area contributed by atoms with Gasteiger partial charge in [0.2, 0.25) is 5.91 Å². The lowest BCUT2D eigenvalue weighted by molar-refractivity contribution is -0.172. The van der Waals surface area contributed by atoms with Crippen LogP contribution in [0.1, 0.15) is 62.5 Å². The summed E-state index contributed by atoms with van der Waals surface area (Å²) >= 11 is 0. The Balaban J connectivity index is 1.61. The zero-order valence-electron chi connectivity index (χ0n) is 15.4.